The standard InChI is InChI=1S/C13H25NO3S/c1-3-17-12-10-11(13(12)6-5-7-13)14-8-9-18(15,16)4-2/h11-12,14H,3-10H2,1-2H3. The highest BCUT2D eigenvalue weighted by Gasteiger charge is 2.58. The molecule has 106 valence electrons. The van der Waals surface area contributed by atoms with Crippen LogP contribution in [0.25, 0.3) is 0 Å². The van der Waals surface area contributed by atoms with Gasteiger partial charge in [-0.1, -0.05) is 13.3 Å². The van der Waals surface area contributed by atoms with Gasteiger partial charge in [-0.05, 0) is 26.2 Å². The van der Waals surface area contributed by atoms with Gasteiger partial charge in [0.15, 0.2) is 9.84 Å². The van der Waals surface area contributed by atoms with E-state index >= 15 is 0 Å². The van der Waals surface area contributed by atoms with Crippen LogP contribution in [0.2, 0.25) is 0 Å². The summed E-state index contributed by atoms with van der Waals surface area (Å²) in [6.45, 7) is 5.11. The third-order valence-electron chi connectivity index (χ3n) is 4.68. The van der Waals surface area contributed by atoms with Crippen molar-refractivity contribution in [2.75, 3.05) is 24.7 Å². The molecule has 1 spiro atoms. The van der Waals surface area contributed by atoms with Crippen LogP contribution in [0.5, 0.6) is 0 Å². The SMILES string of the molecule is CCOC1CC(NCCS(=O)(=O)CC)C12CCC2. The lowest BCUT2D eigenvalue weighted by atomic mass is 9.51. The van der Waals surface area contributed by atoms with Crippen LogP contribution in [0.4, 0.5) is 0 Å². The lowest BCUT2D eigenvalue weighted by molar-refractivity contribution is -0.172. The molecule has 2 rings (SSSR count). The second-order valence-corrected chi connectivity index (χ2v) is 7.98. The van der Waals surface area contributed by atoms with E-state index in [2.05, 4.69) is 5.32 Å². The summed E-state index contributed by atoms with van der Waals surface area (Å²) in [5, 5.41) is 3.43. The molecule has 2 fully saturated rings. The van der Waals surface area contributed by atoms with E-state index < -0.39 is 9.84 Å². The molecule has 2 atom stereocenters. The van der Waals surface area contributed by atoms with Gasteiger partial charge in [-0.15, -0.1) is 0 Å². The third-order valence-corrected chi connectivity index (χ3v) is 6.39. The zero-order chi connectivity index (χ0) is 13.2. The average molecular weight is 275 g/mol. The Hall–Kier alpha value is -0.130. The number of rotatable bonds is 7. The minimum absolute atomic E-state index is 0.242. The molecule has 4 nitrogen and oxygen atoms in total. The van der Waals surface area contributed by atoms with Crippen LogP contribution in [0, 0.1) is 5.41 Å². The Labute approximate surface area is 110 Å². The van der Waals surface area contributed by atoms with Gasteiger partial charge in [0, 0.05) is 30.4 Å². The molecule has 1 N–H and O–H groups in total. The fourth-order valence-electron chi connectivity index (χ4n) is 3.26. The van der Waals surface area contributed by atoms with Crippen LogP contribution in [0.15, 0.2) is 0 Å². The van der Waals surface area contributed by atoms with E-state index in [4.69, 9.17) is 4.74 Å². The first-order valence-electron chi connectivity index (χ1n) is 7.09. The summed E-state index contributed by atoms with van der Waals surface area (Å²) >= 11 is 0. The molecular formula is C13H25NO3S. The summed E-state index contributed by atoms with van der Waals surface area (Å²) in [5.74, 6) is 0.501. The van der Waals surface area contributed by atoms with Gasteiger partial charge in [0.25, 0.3) is 0 Å². The first kappa shape index (κ1) is 14.3. The number of sulfone groups is 1. The number of hydrogen-bond donors (Lipinski definition) is 1. The minimum atomic E-state index is -2.84. The highest BCUT2D eigenvalue weighted by atomic mass is 32.2. The molecule has 0 aromatic rings. The van der Waals surface area contributed by atoms with Gasteiger partial charge < -0.3 is 10.1 Å². The van der Waals surface area contributed by atoms with Gasteiger partial charge in [0.05, 0.1) is 11.9 Å². The largest absolute Gasteiger partial charge is 0.378 e. The van der Waals surface area contributed by atoms with E-state index in [0.717, 1.165) is 13.0 Å². The van der Waals surface area contributed by atoms with E-state index in [9.17, 15) is 8.42 Å². The zero-order valence-electron chi connectivity index (χ0n) is 11.4. The molecule has 2 saturated carbocycles. The Morgan fingerprint density at radius 2 is 2.06 bits per heavy atom. The molecule has 18 heavy (non-hydrogen) atoms. The highest BCUT2D eigenvalue weighted by molar-refractivity contribution is 7.91. The molecule has 2 unspecified atom stereocenters. The zero-order valence-corrected chi connectivity index (χ0v) is 12.3. The van der Waals surface area contributed by atoms with Gasteiger partial charge >= 0.3 is 0 Å². The van der Waals surface area contributed by atoms with E-state index in [1.807, 2.05) is 6.92 Å². The molecule has 0 amide bonds. The maximum absolute atomic E-state index is 11.4. The Bertz CT molecular complexity index is 376. The number of ether oxygens (including phenoxy) is 1. The third kappa shape index (κ3) is 2.58. The summed E-state index contributed by atoms with van der Waals surface area (Å²) in [4.78, 5) is 0. The molecule has 0 radical (unpaired) electrons. The normalized spacial score (nSPS) is 29.9. The molecule has 0 aromatic carbocycles. The van der Waals surface area contributed by atoms with Gasteiger partial charge in [-0.3, -0.25) is 0 Å². The molecule has 0 aliphatic heterocycles. The molecule has 2 aliphatic rings. The van der Waals surface area contributed by atoms with Crippen molar-refractivity contribution in [3.05, 3.63) is 0 Å². The second-order valence-electron chi connectivity index (χ2n) is 5.51. The molecule has 0 saturated heterocycles. The van der Waals surface area contributed by atoms with Crippen molar-refractivity contribution in [1.29, 1.82) is 0 Å². The van der Waals surface area contributed by atoms with Crippen molar-refractivity contribution in [2.24, 2.45) is 5.41 Å². The van der Waals surface area contributed by atoms with E-state index in [1.165, 1.54) is 19.3 Å². The van der Waals surface area contributed by atoms with Gasteiger partial charge in [-0.2, -0.15) is 0 Å². The summed E-state index contributed by atoms with van der Waals surface area (Å²) < 4.78 is 28.6. The molecule has 2 aliphatic carbocycles. The fraction of sp³-hybridized carbons (Fsp3) is 1.00. The Balaban J connectivity index is 1.78. The maximum Gasteiger partial charge on any atom is 0.151 e. The lowest BCUT2D eigenvalue weighted by Crippen LogP contribution is -2.67. The maximum atomic E-state index is 11.4. The van der Waals surface area contributed by atoms with E-state index in [-0.39, 0.29) is 11.5 Å². The topological polar surface area (TPSA) is 55.4 Å². The lowest BCUT2D eigenvalue weighted by Gasteiger charge is -2.61. The minimum Gasteiger partial charge on any atom is -0.378 e. The summed E-state index contributed by atoms with van der Waals surface area (Å²) in [7, 11) is -2.84. The van der Waals surface area contributed by atoms with Gasteiger partial charge in [-0.25, -0.2) is 8.42 Å². The number of nitrogens with one attached hydrogen (secondary N) is 1. The summed E-state index contributed by atoms with van der Waals surface area (Å²) in [6.07, 6.45) is 5.19. The molecule has 0 bridgehead atoms. The molecule has 0 aromatic heterocycles. The van der Waals surface area contributed by atoms with Crippen LogP contribution in [-0.2, 0) is 14.6 Å². The van der Waals surface area contributed by atoms with Crippen LogP contribution < -0.4 is 5.32 Å². The fourth-order valence-corrected chi connectivity index (χ4v) is 3.98. The van der Waals surface area contributed by atoms with Gasteiger partial charge in [0.1, 0.15) is 0 Å². The van der Waals surface area contributed by atoms with Crippen molar-refractivity contribution < 1.29 is 13.2 Å². The van der Waals surface area contributed by atoms with Crippen molar-refractivity contribution >= 4 is 9.84 Å². The molecular weight excluding hydrogens is 250 g/mol. The van der Waals surface area contributed by atoms with Crippen molar-refractivity contribution in [3.8, 4) is 0 Å². The molecule has 5 heteroatoms. The van der Waals surface area contributed by atoms with Crippen LogP contribution in [0.3, 0.4) is 0 Å². The predicted molar refractivity (Wildman–Crippen MR) is 72.4 cm³/mol. The Kier molecular flexibility index (Phi) is 4.34. The Morgan fingerprint density at radius 1 is 1.33 bits per heavy atom. The van der Waals surface area contributed by atoms with Crippen LogP contribution in [0.1, 0.15) is 39.5 Å². The van der Waals surface area contributed by atoms with E-state index in [0.29, 0.717) is 24.1 Å². The van der Waals surface area contributed by atoms with Crippen molar-refractivity contribution in [2.45, 2.75) is 51.7 Å². The molecule has 0 heterocycles. The monoisotopic (exact) mass is 275 g/mol. The summed E-state index contributed by atoms with van der Waals surface area (Å²) in [6, 6.07) is 0.467. The quantitative estimate of drug-likeness (QED) is 0.762. The average Bonchev–Trinajstić information content (AvgIpc) is 2.24. The van der Waals surface area contributed by atoms with Crippen molar-refractivity contribution in [1.82, 2.24) is 5.32 Å². The summed E-state index contributed by atoms with van der Waals surface area (Å²) in [5.41, 5.74) is 0.325. The predicted octanol–water partition coefficient (Wildman–Crippen LogP) is 1.36. The van der Waals surface area contributed by atoms with Crippen molar-refractivity contribution in [3.63, 3.8) is 0 Å². The van der Waals surface area contributed by atoms with Crippen LogP contribution >= 0.6 is 0 Å². The second kappa shape index (κ2) is 5.47. The first-order chi connectivity index (χ1) is 8.54. The Morgan fingerprint density at radius 3 is 2.56 bits per heavy atom. The number of hydrogen-bond acceptors (Lipinski definition) is 4. The van der Waals surface area contributed by atoms with E-state index in [1.54, 1.807) is 6.92 Å². The van der Waals surface area contributed by atoms with Gasteiger partial charge in [0.2, 0.25) is 0 Å². The smallest absolute Gasteiger partial charge is 0.151 e. The highest BCUT2D eigenvalue weighted by Crippen LogP contribution is 2.57. The first-order valence-corrected chi connectivity index (χ1v) is 8.91. The van der Waals surface area contributed by atoms with Crippen LogP contribution in [-0.4, -0.2) is 45.2 Å².